The summed E-state index contributed by atoms with van der Waals surface area (Å²) in [6, 6.07) is 6.11. The molecule has 0 spiro atoms. The van der Waals surface area contributed by atoms with Gasteiger partial charge in [-0.15, -0.1) is 0 Å². The minimum Gasteiger partial charge on any atom is -0.361 e. The summed E-state index contributed by atoms with van der Waals surface area (Å²) in [6.45, 7) is 3.88. The first-order valence-electron chi connectivity index (χ1n) is 5.16. The van der Waals surface area contributed by atoms with Crippen LogP contribution in [0.2, 0.25) is 0 Å². The second kappa shape index (κ2) is 4.95. The molecule has 0 unspecified atom stereocenters. The number of nitrogens with one attached hydrogen (secondary N) is 1. The topological polar surface area (TPSA) is 72.2 Å². The van der Waals surface area contributed by atoms with Crippen molar-refractivity contribution in [3.05, 3.63) is 35.6 Å². The van der Waals surface area contributed by atoms with Gasteiger partial charge in [-0.25, -0.2) is 4.39 Å². The number of halogens is 1. The molecule has 0 saturated heterocycles. The number of rotatable bonds is 3. The molecule has 0 atom stereocenters. The van der Waals surface area contributed by atoms with Gasteiger partial charge in [0, 0.05) is 12.0 Å². The summed E-state index contributed by atoms with van der Waals surface area (Å²) in [5.41, 5.74) is 5.08. The van der Waals surface area contributed by atoms with Gasteiger partial charge >= 0.3 is 11.8 Å². The molecule has 0 fully saturated rings. The maximum Gasteiger partial charge on any atom is 0.309 e. The lowest BCUT2D eigenvalue weighted by molar-refractivity contribution is -0.137. The Kier molecular flexibility index (Phi) is 3.83. The summed E-state index contributed by atoms with van der Waals surface area (Å²) in [5.74, 6) is -2.20. The molecule has 2 amide bonds. The third kappa shape index (κ3) is 3.55. The molecule has 1 rings (SSSR count). The average Bonchev–Trinajstić information content (AvgIpc) is 2.26. The smallest absolute Gasteiger partial charge is 0.309 e. The number of carbonyl (C=O) groups is 2. The molecular weight excluding hydrogens is 223 g/mol. The molecule has 0 heterocycles. The maximum atomic E-state index is 13.1. The third-order valence-corrected chi connectivity index (χ3v) is 2.52. The predicted molar refractivity (Wildman–Crippen MR) is 61.6 cm³/mol. The van der Waals surface area contributed by atoms with E-state index in [2.05, 4.69) is 5.32 Å². The van der Waals surface area contributed by atoms with Gasteiger partial charge in [-0.05, 0) is 17.7 Å². The lowest BCUT2D eigenvalue weighted by Crippen LogP contribution is -2.42. The van der Waals surface area contributed by atoms with Gasteiger partial charge in [-0.1, -0.05) is 26.0 Å². The first-order chi connectivity index (χ1) is 7.83. The molecule has 0 bridgehead atoms. The van der Waals surface area contributed by atoms with Crippen molar-refractivity contribution in [3.63, 3.8) is 0 Å². The molecule has 0 aliphatic rings. The van der Waals surface area contributed by atoms with Crippen LogP contribution in [-0.4, -0.2) is 18.4 Å². The van der Waals surface area contributed by atoms with Crippen molar-refractivity contribution in [2.45, 2.75) is 19.3 Å². The van der Waals surface area contributed by atoms with Crippen molar-refractivity contribution in [1.82, 2.24) is 5.32 Å². The van der Waals surface area contributed by atoms with Crippen LogP contribution in [0.3, 0.4) is 0 Å². The highest BCUT2D eigenvalue weighted by atomic mass is 19.1. The van der Waals surface area contributed by atoms with Gasteiger partial charge in [0.15, 0.2) is 0 Å². The highest BCUT2D eigenvalue weighted by Gasteiger charge is 2.22. The normalized spacial score (nSPS) is 11.0. The largest absolute Gasteiger partial charge is 0.361 e. The molecule has 17 heavy (non-hydrogen) atoms. The molecule has 0 aromatic heterocycles. The summed E-state index contributed by atoms with van der Waals surface area (Å²) in [4.78, 5) is 21.6. The van der Waals surface area contributed by atoms with E-state index in [1.54, 1.807) is 12.1 Å². The fourth-order valence-corrected chi connectivity index (χ4v) is 1.40. The van der Waals surface area contributed by atoms with E-state index in [0.717, 1.165) is 5.56 Å². The molecular formula is C12H15FN2O2. The Morgan fingerprint density at radius 3 is 2.59 bits per heavy atom. The van der Waals surface area contributed by atoms with E-state index in [9.17, 15) is 14.0 Å². The summed E-state index contributed by atoms with van der Waals surface area (Å²) in [6.07, 6.45) is 0. The van der Waals surface area contributed by atoms with Crippen LogP contribution in [0.15, 0.2) is 24.3 Å². The quantitative estimate of drug-likeness (QED) is 0.761. The zero-order valence-corrected chi connectivity index (χ0v) is 9.79. The summed E-state index contributed by atoms with van der Waals surface area (Å²) >= 11 is 0. The van der Waals surface area contributed by atoms with Crippen molar-refractivity contribution >= 4 is 11.8 Å². The van der Waals surface area contributed by atoms with Crippen molar-refractivity contribution in [3.8, 4) is 0 Å². The van der Waals surface area contributed by atoms with E-state index in [1.807, 2.05) is 13.8 Å². The monoisotopic (exact) mass is 238 g/mol. The summed E-state index contributed by atoms with van der Waals surface area (Å²) < 4.78 is 13.1. The SMILES string of the molecule is CC(C)(CNC(=O)C(N)=O)c1cccc(F)c1. The Labute approximate surface area is 99.0 Å². The lowest BCUT2D eigenvalue weighted by Gasteiger charge is -2.25. The van der Waals surface area contributed by atoms with Crippen LogP contribution in [-0.2, 0) is 15.0 Å². The molecule has 3 N–H and O–H groups in total. The van der Waals surface area contributed by atoms with Crippen molar-refractivity contribution < 1.29 is 14.0 Å². The molecule has 0 aliphatic heterocycles. The van der Waals surface area contributed by atoms with Gasteiger partial charge in [0.1, 0.15) is 5.82 Å². The number of hydrogen-bond acceptors (Lipinski definition) is 2. The van der Waals surface area contributed by atoms with E-state index >= 15 is 0 Å². The third-order valence-electron chi connectivity index (χ3n) is 2.52. The van der Waals surface area contributed by atoms with Crippen LogP contribution in [0, 0.1) is 5.82 Å². The zero-order chi connectivity index (χ0) is 13.1. The highest BCUT2D eigenvalue weighted by molar-refractivity contribution is 6.34. The highest BCUT2D eigenvalue weighted by Crippen LogP contribution is 2.22. The van der Waals surface area contributed by atoms with Gasteiger partial charge in [-0.2, -0.15) is 0 Å². The molecule has 1 aromatic rings. The summed E-state index contributed by atoms with van der Waals surface area (Å²) in [5, 5.41) is 2.40. The van der Waals surface area contributed by atoms with Crippen LogP contribution < -0.4 is 11.1 Å². The average molecular weight is 238 g/mol. The number of hydrogen-bond donors (Lipinski definition) is 2. The Balaban J connectivity index is 2.75. The Morgan fingerprint density at radius 1 is 1.41 bits per heavy atom. The van der Waals surface area contributed by atoms with Crippen LogP contribution in [0.1, 0.15) is 19.4 Å². The van der Waals surface area contributed by atoms with Gasteiger partial charge < -0.3 is 11.1 Å². The fourth-order valence-electron chi connectivity index (χ4n) is 1.40. The fraction of sp³-hybridized carbons (Fsp3) is 0.333. The number of nitrogens with two attached hydrogens (primary N) is 1. The Bertz CT molecular complexity index is 444. The van der Waals surface area contributed by atoms with Crippen LogP contribution in [0.5, 0.6) is 0 Å². The van der Waals surface area contributed by atoms with Crippen LogP contribution in [0.4, 0.5) is 4.39 Å². The van der Waals surface area contributed by atoms with Gasteiger partial charge in [0.05, 0.1) is 0 Å². The van der Waals surface area contributed by atoms with Crippen LogP contribution >= 0.6 is 0 Å². The molecule has 0 aliphatic carbocycles. The molecule has 0 saturated carbocycles. The summed E-state index contributed by atoms with van der Waals surface area (Å²) in [7, 11) is 0. The first kappa shape index (κ1) is 13.2. The van der Waals surface area contributed by atoms with Gasteiger partial charge in [0.25, 0.3) is 0 Å². The molecule has 92 valence electrons. The van der Waals surface area contributed by atoms with Crippen LogP contribution in [0.25, 0.3) is 0 Å². The van der Waals surface area contributed by atoms with Crippen molar-refractivity contribution in [2.75, 3.05) is 6.54 Å². The lowest BCUT2D eigenvalue weighted by atomic mass is 9.84. The Hall–Kier alpha value is -1.91. The van der Waals surface area contributed by atoms with E-state index in [-0.39, 0.29) is 12.4 Å². The second-order valence-corrected chi connectivity index (χ2v) is 4.44. The molecule has 1 aromatic carbocycles. The maximum absolute atomic E-state index is 13.1. The molecule has 0 radical (unpaired) electrons. The second-order valence-electron chi connectivity index (χ2n) is 4.44. The van der Waals surface area contributed by atoms with Gasteiger partial charge in [-0.3, -0.25) is 9.59 Å². The minimum absolute atomic E-state index is 0.207. The number of primary amides is 1. The van der Waals surface area contributed by atoms with E-state index in [1.165, 1.54) is 12.1 Å². The van der Waals surface area contributed by atoms with E-state index in [0.29, 0.717) is 0 Å². The van der Waals surface area contributed by atoms with Crippen molar-refractivity contribution in [1.29, 1.82) is 0 Å². The Morgan fingerprint density at radius 2 is 2.06 bits per heavy atom. The first-order valence-corrected chi connectivity index (χ1v) is 5.16. The molecule has 5 heteroatoms. The number of benzene rings is 1. The molecule has 4 nitrogen and oxygen atoms in total. The number of carbonyl (C=O) groups excluding carboxylic acids is 2. The zero-order valence-electron chi connectivity index (χ0n) is 9.79. The number of amides is 2. The van der Waals surface area contributed by atoms with E-state index < -0.39 is 17.2 Å². The predicted octanol–water partition coefficient (Wildman–Crippen LogP) is 0.705. The van der Waals surface area contributed by atoms with Gasteiger partial charge in [0.2, 0.25) is 0 Å². The van der Waals surface area contributed by atoms with E-state index in [4.69, 9.17) is 5.73 Å². The minimum atomic E-state index is -1.03. The standard InChI is InChI=1S/C12H15FN2O2/c1-12(2,7-15-11(17)10(14)16)8-4-3-5-9(13)6-8/h3-6H,7H2,1-2H3,(H2,14,16)(H,15,17). The van der Waals surface area contributed by atoms with Crippen molar-refractivity contribution in [2.24, 2.45) is 5.73 Å².